The standard InChI is InChI=1S/C10H8O3Se/c1-13-7-3-2-4-8-6(7)5-9(14-8)10(11)12/h2-5H,1H3,(H,11,12). The van der Waals surface area contributed by atoms with Crippen LogP contribution in [0.4, 0.5) is 0 Å². The van der Waals surface area contributed by atoms with Gasteiger partial charge >= 0.3 is 86.3 Å². The van der Waals surface area contributed by atoms with Crippen molar-refractivity contribution in [1.29, 1.82) is 0 Å². The Bertz CT molecular complexity index is 487. The molecule has 2 rings (SSSR count). The molecule has 0 unspecified atom stereocenters. The molecular formula is C10H8O3Se. The van der Waals surface area contributed by atoms with Crippen molar-refractivity contribution in [1.82, 2.24) is 0 Å². The molecule has 0 saturated heterocycles. The van der Waals surface area contributed by atoms with Crippen LogP contribution in [0.3, 0.4) is 0 Å². The molecule has 0 radical (unpaired) electrons. The van der Waals surface area contributed by atoms with E-state index in [-0.39, 0.29) is 14.5 Å². The molecule has 0 atom stereocenters. The van der Waals surface area contributed by atoms with Crippen molar-refractivity contribution < 1.29 is 14.6 Å². The molecule has 1 heterocycles. The fourth-order valence-corrected chi connectivity index (χ4v) is 3.24. The molecule has 0 fully saturated rings. The molecule has 1 aromatic carbocycles. The maximum absolute atomic E-state index is 10.8. The Hall–Kier alpha value is -1.25. The first-order valence-corrected chi connectivity index (χ1v) is 5.73. The van der Waals surface area contributed by atoms with E-state index in [2.05, 4.69) is 0 Å². The SMILES string of the molecule is COc1cccc2[se]c(C(=O)O)cc12. The van der Waals surface area contributed by atoms with Crippen LogP contribution in [0.15, 0.2) is 24.3 Å². The predicted octanol–water partition coefficient (Wildman–Crippen LogP) is 1.60. The van der Waals surface area contributed by atoms with Crippen LogP contribution < -0.4 is 4.74 Å². The van der Waals surface area contributed by atoms with E-state index in [1.54, 1.807) is 13.2 Å². The Kier molecular flexibility index (Phi) is 2.31. The van der Waals surface area contributed by atoms with Gasteiger partial charge in [0.1, 0.15) is 0 Å². The molecule has 0 aliphatic carbocycles. The van der Waals surface area contributed by atoms with Crippen LogP contribution in [0.25, 0.3) is 9.65 Å². The molecule has 0 spiro atoms. The van der Waals surface area contributed by atoms with E-state index in [1.165, 1.54) is 0 Å². The Morgan fingerprint density at radius 1 is 1.50 bits per heavy atom. The van der Waals surface area contributed by atoms with Crippen molar-refractivity contribution in [2.24, 2.45) is 0 Å². The quantitative estimate of drug-likeness (QED) is 0.829. The first-order chi connectivity index (χ1) is 6.72. The number of carboxylic acid groups (broad SMARTS) is 1. The Labute approximate surface area is 86.7 Å². The number of ether oxygens (including phenoxy) is 1. The maximum atomic E-state index is 10.8. The summed E-state index contributed by atoms with van der Waals surface area (Å²) in [4.78, 5) is 10.8. The van der Waals surface area contributed by atoms with Crippen molar-refractivity contribution >= 4 is 30.1 Å². The fraction of sp³-hybridized carbons (Fsp3) is 0.100. The van der Waals surface area contributed by atoms with Gasteiger partial charge in [-0.25, -0.2) is 0 Å². The van der Waals surface area contributed by atoms with Gasteiger partial charge in [0, 0.05) is 0 Å². The zero-order chi connectivity index (χ0) is 10.1. The normalized spacial score (nSPS) is 10.4. The number of aromatic carboxylic acids is 1. The van der Waals surface area contributed by atoms with Gasteiger partial charge in [-0.15, -0.1) is 0 Å². The van der Waals surface area contributed by atoms with Crippen LogP contribution in [0.2, 0.25) is 0 Å². The molecular weight excluding hydrogens is 247 g/mol. The van der Waals surface area contributed by atoms with E-state index in [4.69, 9.17) is 9.84 Å². The van der Waals surface area contributed by atoms with E-state index in [9.17, 15) is 4.79 Å². The molecule has 14 heavy (non-hydrogen) atoms. The molecule has 0 bridgehead atoms. The van der Waals surface area contributed by atoms with Crippen LogP contribution >= 0.6 is 0 Å². The van der Waals surface area contributed by atoms with Gasteiger partial charge in [0.15, 0.2) is 0 Å². The van der Waals surface area contributed by atoms with E-state index in [0.717, 1.165) is 15.4 Å². The van der Waals surface area contributed by atoms with Crippen LogP contribution in [0.1, 0.15) is 9.23 Å². The summed E-state index contributed by atoms with van der Waals surface area (Å²) in [6.07, 6.45) is 0. The van der Waals surface area contributed by atoms with E-state index in [0.29, 0.717) is 4.44 Å². The van der Waals surface area contributed by atoms with Crippen molar-refractivity contribution in [3.8, 4) is 5.75 Å². The summed E-state index contributed by atoms with van der Waals surface area (Å²) in [7, 11) is 1.59. The summed E-state index contributed by atoms with van der Waals surface area (Å²) in [5.41, 5.74) is 0. The molecule has 1 N–H and O–H groups in total. The van der Waals surface area contributed by atoms with Gasteiger partial charge in [-0.3, -0.25) is 0 Å². The summed E-state index contributed by atoms with van der Waals surface area (Å²) in [5, 5.41) is 9.78. The van der Waals surface area contributed by atoms with Crippen molar-refractivity contribution in [3.05, 3.63) is 28.7 Å². The number of hydrogen-bond donors (Lipinski definition) is 1. The van der Waals surface area contributed by atoms with E-state index >= 15 is 0 Å². The molecule has 1 aromatic heterocycles. The summed E-state index contributed by atoms with van der Waals surface area (Å²) in [5.74, 6) is -0.0797. The average Bonchev–Trinajstić information content (AvgIpc) is 2.60. The Morgan fingerprint density at radius 3 is 2.93 bits per heavy atom. The first-order valence-electron chi connectivity index (χ1n) is 4.02. The van der Waals surface area contributed by atoms with Gasteiger partial charge in [0.05, 0.1) is 0 Å². The molecule has 0 saturated carbocycles. The molecule has 72 valence electrons. The average molecular weight is 255 g/mol. The second-order valence-electron chi connectivity index (χ2n) is 2.79. The Morgan fingerprint density at radius 2 is 2.29 bits per heavy atom. The molecule has 2 aromatic rings. The van der Waals surface area contributed by atoms with Crippen molar-refractivity contribution in [3.63, 3.8) is 0 Å². The third-order valence-corrected chi connectivity index (χ3v) is 4.24. The summed E-state index contributed by atoms with van der Waals surface area (Å²) in [6.45, 7) is 0. The number of rotatable bonds is 2. The number of hydrogen-bond acceptors (Lipinski definition) is 2. The third kappa shape index (κ3) is 1.43. The first kappa shape index (κ1) is 9.31. The molecule has 0 aliphatic heterocycles. The number of fused-ring (bicyclic) bond motifs is 1. The predicted molar refractivity (Wildman–Crippen MR) is 54.4 cm³/mol. The summed E-state index contributed by atoms with van der Waals surface area (Å²) < 4.78 is 6.72. The monoisotopic (exact) mass is 256 g/mol. The fourth-order valence-electron chi connectivity index (χ4n) is 1.32. The topological polar surface area (TPSA) is 46.5 Å². The zero-order valence-corrected chi connectivity index (χ0v) is 9.19. The van der Waals surface area contributed by atoms with Gasteiger partial charge in [0.25, 0.3) is 0 Å². The van der Waals surface area contributed by atoms with Gasteiger partial charge in [0.2, 0.25) is 0 Å². The number of carboxylic acids is 1. The van der Waals surface area contributed by atoms with Crippen LogP contribution in [-0.2, 0) is 0 Å². The van der Waals surface area contributed by atoms with Crippen LogP contribution in [-0.4, -0.2) is 32.7 Å². The minimum absolute atomic E-state index is 0.0876. The Balaban J connectivity index is 2.70. The number of carbonyl (C=O) groups is 1. The van der Waals surface area contributed by atoms with Crippen molar-refractivity contribution in [2.75, 3.05) is 7.11 Å². The number of benzene rings is 1. The summed E-state index contributed by atoms with van der Waals surface area (Å²) in [6, 6.07) is 7.38. The third-order valence-electron chi connectivity index (χ3n) is 1.95. The van der Waals surface area contributed by atoms with Crippen LogP contribution in [0.5, 0.6) is 5.75 Å². The number of methoxy groups -OCH3 is 1. The van der Waals surface area contributed by atoms with Gasteiger partial charge < -0.3 is 0 Å². The van der Waals surface area contributed by atoms with Gasteiger partial charge in [-0.2, -0.15) is 0 Å². The van der Waals surface area contributed by atoms with Crippen LogP contribution in [0, 0.1) is 0 Å². The van der Waals surface area contributed by atoms with E-state index < -0.39 is 5.97 Å². The van der Waals surface area contributed by atoms with Gasteiger partial charge in [-0.05, 0) is 0 Å². The van der Waals surface area contributed by atoms with Gasteiger partial charge in [-0.1, -0.05) is 0 Å². The molecule has 3 nitrogen and oxygen atoms in total. The van der Waals surface area contributed by atoms with Crippen molar-refractivity contribution in [2.45, 2.75) is 0 Å². The second-order valence-corrected chi connectivity index (χ2v) is 5.06. The molecule has 0 amide bonds. The zero-order valence-electron chi connectivity index (χ0n) is 7.48. The second kappa shape index (κ2) is 3.48. The molecule has 0 aliphatic rings. The van der Waals surface area contributed by atoms with E-state index in [1.807, 2.05) is 18.2 Å². The summed E-state index contributed by atoms with van der Waals surface area (Å²) >= 11 is -0.0876. The molecule has 4 heteroatoms. The minimum atomic E-state index is -0.830.